The minimum atomic E-state index is -0.915. The molecule has 0 spiro atoms. The Morgan fingerprint density at radius 3 is 2.61 bits per heavy atom. The van der Waals surface area contributed by atoms with E-state index in [4.69, 9.17) is 4.74 Å². The minimum absolute atomic E-state index is 0.157. The zero-order valence-electron chi connectivity index (χ0n) is 13.4. The highest BCUT2D eigenvalue weighted by atomic mass is 16.5. The van der Waals surface area contributed by atoms with Crippen molar-refractivity contribution in [3.8, 4) is 0 Å². The quantitative estimate of drug-likeness (QED) is 0.832. The van der Waals surface area contributed by atoms with Gasteiger partial charge in [0.25, 0.3) is 0 Å². The van der Waals surface area contributed by atoms with E-state index in [0.717, 1.165) is 5.56 Å². The van der Waals surface area contributed by atoms with Crippen LogP contribution in [0.25, 0.3) is 0 Å². The maximum atomic E-state index is 12.3. The summed E-state index contributed by atoms with van der Waals surface area (Å²) in [5.74, 6) is -1.38. The number of likely N-dealkylation sites (tertiary alicyclic amines) is 1. The van der Waals surface area contributed by atoms with E-state index in [9.17, 15) is 19.5 Å². The number of hydrogen-bond acceptors (Lipinski definition) is 4. The van der Waals surface area contributed by atoms with Gasteiger partial charge >= 0.3 is 18.0 Å². The summed E-state index contributed by atoms with van der Waals surface area (Å²) in [4.78, 5) is 36.6. The molecule has 0 aromatic heterocycles. The summed E-state index contributed by atoms with van der Waals surface area (Å²) < 4.78 is 4.70. The normalized spacial score (nSPS) is 20.2. The average Bonchev–Trinajstić information content (AvgIpc) is 2.92. The summed E-state index contributed by atoms with van der Waals surface area (Å²) in [5, 5.41) is 11.9. The molecule has 1 heterocycles. The predicted molar refractivity (Wildman–Crippen MR) is 83.5 cm³/mol. The van der Waals surface area contributed by atoms with Crippen LogP contribution >= 0.6 is 0 Å². The Morgan fingerprint density at radius 2 is 2.04 bits per heavy atom. The predicted octanol–water partition coefficient (Wildman–Crippen LogP) is 2.11. The second-order valence-electron chi connectivity index (χ2n) is 5.99. The van der Waals surface area contributed by atoms with Crippen molar-refractivity contribution in [3.05, 3.63) is 29.3 Å². The van der Waals surface area contributed by atoms with Gasteiger partial charge in [-0.3, -0.25) is 4.79 Å². The van der Waals surface area contributed by atoms with E-state index in [1.807, 2.05) is 0 Å². The number of anilines is 1. The number of nitrogens with one attached hydrogen (secondary N) is 1. The summed E-state index contributed by atoms with van der Waals surface area (Å²) in [6, 6.07) is 4.57. The summed E-state index contributed by atoms with van der Waals surface area (Å²) in [6.07, 6.45) is 0.414. The third-order valence-corrected chi connectivity index (χ3v) is 4.17. The topological polar surface area (TPSA) is 95.9 Å². The minimum Gasteiger partial charge on any atom is -0.481 e. The lowest BCUT2D eigenvalue weighted by atomic mass is 9.90. The number of carboxylic acid groups (broad SMARTS) is 1. The second kappa shape index (κ2) is 6.28. The summed E-state index contributed by atoms with van der Waals surface area (Å²) in [7, 11) is 1.30. The molecule has 7 heteroatoms. The Labute approximate surface area is 134 Å². The van der Waals surface area contributed by atoms with Crippen LogP contribution in [0.4, 0.5) is 10.5 Å². The first kappa shape index (κ1) is 16.8. The number of amides is 2. The van der Waals surface area contributed by atoms with Crippen molar-refractivity contribution in [1.82, 2.24) is 4.90 Å². The number of carbonyl (C=O) groups excluding carboxylic acids is 2. The maximum absolute atomic E-state index is 12.3. The molecule has 1 aliphatic heterocycles. The molecule has 23 heavy (non-hydrogen) atoms. The van der Waals surface area contributed by atoms with Crippen LogP contribution in [0, 0.1) is 12.3 Å². The van der Waals surface area contributed by atoms with Crippen molar-refractivity contribution < 1.29 is 24.2 Å². The van der Waals surface area contributed by atoms with Gasteiger partial charge in [-0.15, -0.1) is 0 Å². The Kier molecular flexibility index (Phi) is 4.58. The van der Waals surface area contributed by atoms with Crippen LogP contribution in [0.3, 0.4) is 0 Å². The van der Waals surface area contributed by atoms with Crippen molar-refractivity contribution in [2.45, 2.75) is 20.3 Å². The third kappa shape index (κ3) is 3.44. The largest absolute Gasteiger partial charge is 0.481 e. The number of urea groups is 1. The van der Waals surface area contributed by atoms with Crippen molar-refractivity contribution in [2.75, 3.05) is 25.5 Å². The molecule has 1 atom stereocenters. The van der Waals surface area contributed by atoms with Crippen molar-refractivity contribution in [2.24, 2.45) is 5.41 Å². The number of rotatable bonds is 3. The van der Waals surface area contributed by atoms with Crippen LogP contribution in [0.1, 0.15) is 29.3 Å². The Morgan fingerprint density at radius 1 is 1.35 bits per heavy atom. The number of benzene rings is 1. The van der Waals surface area contributed by atoms with Gasteiger partial charge in [0, 0.05) is 18.8 Å². The number of carboxylic acids is 1. The van der Waals surface area contributed by atoms with E-state index in [2.05, 4.69) is 5.32 Å². The monoisotopic (exact) mass is 320 g/mol. The molecular weight excluding hydrogens is 300 g/mol. The fourth-order valence-electron chi connectivity index (χ4n) is 2.54. The number of aryl methyl sites for hydroxylation is 1. The number of methoxy groups -OCH3 is 1. The fraction of sp³-hybridized carbons (Fsp3) is 0.438. The molecule has 1 aromatic rings. The van der Waals surface area contributed by atoms with Gasteiger partial charge in [0.05, 0.1) is 18.1 Å². The first-order chi connectivity index (χ1) is 10.8. The van der Waals surface area contributed by atoms with Gasteiger partial charge < -0.3 is 20.1 Å². The number of esters is 1. The van der Waals surface area contributed by atoms with Gasteiger partial charge in [-0.1, -0.05) is 6.07 Å². The van der Waals surface area contributed by atoms with E-state index in [1.54, 1.807) is 32.0 Å². The number of nitrogens with zero attached hydrogens (tertiary/aromatic N) is 1. The van der Waals surface area contributed by atoms with Crippen molar-refractivity contribution in [3.63, 3.8) is 0 Å². The van der Waals surface area contributed by atoms with Gasteiger partial charge in [-0.05, 0) is 38.0 Å². The Bertz CT molecular complexity index is 658. The molecule has 7 nitrogen and oxygen atoms in total. The second-order valence-corrected chi connectivity index (χ2v) is 5.99. The van der Waals surface area contributed by atoms with Crippen LogP contribution in [-0.4, -0.2) is 48.2 Å². The third-order valence-electron chi connectivity index (χ3n) is 4.17. The van der Waals surface area contributed by atoms with E-state index < -0.39 is 17.4 Å². The van der Waals surface area contributed by atoms with Crippen LogP contribution in [-0.2, 0) is 9.53 Å². The molecule has 1 unspecified atom stereocenters. The molecule has 0 radical (unpaired) electrons. The van der Waals surface area contributed by atoms with E-state index in [0.29, 0.717) is 24.2 Å². The van der Waals surface area contributed by atoms with E-state index in [1.165, 1.54) is 12.0 Å². The number of hydrogen-bond donors (Lipinski definition) is 2. The lowest BCUT2D eigenvalue weighted by molar-refractivity contribution is -0.146. The summed E-state index contributed by atoms with van der Waals surface area (Å²) in [6.45, 7) is 3.94. The number of ether oxygens (including phenoxy) is 1. The van der Waals surface area contributed by atoms with Crippen LogP contribution in [0.2, 0.25) is 0 Å². The highest BCUT2D eigenvalue weighted by Gasteiger charge is 2.42. The molecule has 2 amide bonds. The van der Waals surface area contributed by atoms with Crippen LogP contribution < -0.4 is 5.32 Å². The lowest BCUT2D eigenvalue weighted by Gasteiger charge is -2.20. The van der Waals surface area contributed by atoms with E-state index >= 15 is 0 Å². The molecule has 1 saturated heterocycles. The zero-order valence-corrected chi connectivity index (χ0v) is 13.4. The first-order valence-electron chi connectivity index (χ1n) is 7.25. The van der Waals surface area contributed by atoms with Crippen LogP contribution in [0.15, 0.2) is 18.2 Å². The molecule has 1 aliphatic rings. The van der Waals surface area contributed by atoms with Crippen molar-refractivity contribution >= 4 is 23.7 Å². The molecule has 124 valence electrons. The standard InChI is InChI=1S/C16H20N2O5/c1-10-4-5-11(8-12(10)13(19)23-3)17-15(22)18-7-6-16(2,9-18)14(20)21/h4-5,8H,6-7,9H2,1-3H3,(H,17,22)(H,20,21). The summed E-state index contributed by atoms with van der Waals surface area (Å²) in [5.41, 5.74) is 0.670. The molecule has 1 aromatic carbocycles. The zero-order chi connectivity index (χ0) is 17.2. The lowest BCUT2D eigenvalue weighted by Crippen LogP contribution is -2.37. The average molecular weight is 320 g/mol. The van der Waals surface area contributed by atoms with E-state index in [-0.39, 0.29) is 12.6 Å². The molecule has 2 rings (SSSR count). The van der Waals surface area contributed by atoms with Gasteiger partial charge in [0.2, 0.25) is 0 Å². The smallest absolute Gasteiger partial charge is 0.338 e. The van der Waals surface area contributed by atoms with Crippen molar-refractivity contribution in [1.29, 1.82) is 0 Å². The molecular formula is C16H20N2O5. The molecule has 1 fully saturated rings. The molecule has 0 bridgehead atoms. The fourth-order valence-corrected chi connectivity index (χ4v) is 2.54. The highest BCUT2D eigenvalue weighted by molar-refractivity contribution is 5.95. The highest BCUT2D eigenvalue weighted by Crippen LogP contribution is 2.30. The van der Waals surface area contributed by atoms with Gasteiger partial charge in [-0.2, -0.15) is 0 Å². The Hall–Kier alpha value is -2.57. The summed E-state index contributed by atoms with van der Waals surface area (Å²) >= 11 is 0. The van der Waals surface area contributed by atoms with Gasteiger partial charge in [0.15, 0.2) is 0 Å². The number of aliphatic carboxylic acids is 1. The van der Waals surface area contributed by atoms with Crippen LogP contribution in [0.5, 0.6) is 0 Å². The molecule has 2 N–H and O–H groups in total. The first-order valence-corrected chi connectivity index (χ1v) is 7.25. The Balaban J connectivity index is 2.10. The molecule has 0 aliphatic carbocycles. The van der Waals surface area contributed by atoms with Gasteiger partial charge in [-0.25, -0.2) is 9.59 Å². The van der Waals surface area contributed by atoms with Gasteiger partial charge in [0.1, 0.15) is 0 Å². The SMILES string of the molecule is COC(=O)c1cc(NC(=O)N2CCC(C)(C(=O)O)C2)ccc1C. The number of carbonyl (C=O) groups is 3. The molecule has 0 saturated carbocycles. The maximum Gasteiger partial charge on any atom is 0.338 e.